The zero-order valence-electron chi connectivity index (χ0n) is 14.9. The Bertz CT molecular complexity index is 871. The highest BCUT2D eigenvalue weighted by Crippen LogP contribution is 2.25. The third kappa shape index (κ3) is 3.90. The van der Waals surface area contributed by atoms with Crippen LogP contribution in [0.1, 0.15) is 17.5 Å². The Morgan fingerprint density at radius 3 is 2.65 bits per heavy atom. The molecule has 2 atom stereocenters. The van der Waals surface area contributed by atoms with Crippen molar-refractivity contribution in [3.8, 4) is 5.75 Å². The third-order valence-corrected chi connectivity index (χ3v) is 5.17. The summed E-state index contributed by atoms with van der Waals surface area (Å²) in [6, 6.07) is 23.2. The van der Waals surface area contributed by atoms with Crippen molar-refractivity contribution in [1.82, 2.24) is 5.32 Å². The molecule has 2 N–H and O–H groups in total. The number of aryl methyl sites for hydroxylation is 1. The van der Waals surface area contributed by atoms with E-state index in [1.165, 1.54) is 11.1 Å². The van der Waals surface area contributed by atoms with Gasteiger partial charge in [-0.2, -0.15) is 0 Å². The second-order valence-electron chi connectivity index (χ2n) is 7.06. The van der Waals surface area contributed by atoms with Crippen LogP contribution in [0.2, 0.25) is 0 Å². The molecule has 3 heteroatoms. The molecule has 3 aromatic carbocycles. The minimum absolute atomic E-state index is 0.296. The lowest BCUT2D eigenvalue weighted by molar-refractivity contribution is 0.104. The Hall–Kier alpha value is -2.36. The molecule has 0 saturated heterocycles. The van der Waals surface area contributed by atoms with Crippen molar-refractivity contribution in [2.24, 2.45) is 0 Å². The van der Waals surface area contributed by atoms with Gasteiger partial charge in [0.05, 0.1) is 0 Å². The van der Waals surface area contributed by atoms with Gasteiger partial charge in [0.25, 0.3) is 0 Å². The number of fused-ring (bicyclic) bond motifs is 2. The van der Waals surface area contributed by atoms with Crippen molar-refractivity contribution in [1.29, 1.82) is 0 Å². The second-order valence-corrected chi connectivity index (χ2v) is 7.06. The highest BCUT2D eigenvalue weighted by molar-refractivity contribution is 5.88. The molecule has 0 heterocycles. The smallest absolute Gasteiger partial charge is 0.127 e. The molecule has 0 radical (unpaired) electrons. The topological polar surface area (TPSA) is 41.5 Å². The molecular weight excluding hydrogens is 322 g/mol. The lowest BCUT2D eigenvalue weighted by Crippen LogP contribution is -2.40. The number of ether oxygens (including phenoxy) is 1. The molecular formula is C23H25NO2. The Balaban J connectivity index is 1.29. The van der Waals surface area contributed by atoms with E-state index in [4.69, 9.17) is 4.74 Å². The number of aliphatic hydroxyl groups excluding tert-OH is 1. The van der Waals surface area contributed by atoms with Crippen molar-refractivity contribution in [3.63, 3.8) is 0 Å². The van der Waals surface area contributed by atoms with Crippen molar-refractivity contribution in [2.45, 2.75) is 31.4 Å². The molecule has 2 unspecified atom stereocenters. The van der Waals surface area contributed by atoms with Gasteiger partial charge in [0.15, 0.2) is 0 Å². The summed E-state index contributed by atoms with van der Waals surface area (Å²) in [5, 5.41) is 16.1. The van der Waals surface area contributed by atoms with Crippen LogP contribution in [0, 0.1) is 0 Å². The van der Waals surface area contributed by atoms with Gasteiger partial charge in [-0.05, 0) is 41.8 Å². The molecule has 0 saturated carbocycles. The maximum Gasteiger partial charge on any atom is 0.127 e. The van der Waals surface area contributed by atoms with Crippen molar-refractivity contribution in [3.05, 3.63) is 77.9 Å². The van der Waals surface area contributed by atoms with Crippen LogP contribution in [0.3, 0.4) is 0 Å². The van der Waals surface area contributed by atoms with Crippen LogP contribution >= 0.6 is 0 Å². The molecule has 0 aromatic heterocycles. The summed E-state index contributed by atoms with van der Waals surface area (Å²) in [6.45, 7) is 0.849. The largest absolute Gasteiger partial charge is 0.490 e. The highest BCUT2D eigenvalue weighted by atomic mass is 16.5. The van der Waals surface area contributed by atoms with E-state index in [0.717, 1.165) is 35.8 Å². The fraction of sp³-hybridized carbons (Fsp3) is 0.304. The molecule has 0 aliphatic heterocycles. The number of aliphatic hydroxyl groups is 1. The molecule has 1 aliphatic carbocycles. The van der Waals surface area contributed by atoms with Gasteiger partial charge < -0.3 is 15.2 Å². The minimum atomic E-state index is -0.522. The summed E-state index contributed by atoms with van der Waals surface area (Å²) >= 11 is 0. The van der Waals surface area contributed by atoms with Gasteiger partial charge in [-0.15, -0.1) is 0 Å². The van der Waals surface area contributed by atoms with Gasteiger partial charge in [0, 0.05) is 18.0 Å². The van der Waals surface area contributed by atoms with Crippen LogP contribution < -0.4 is 10.1 Å². The summed E-state index contributed by atoms with van der Waals surface area (Å²) in [4.78, 5) is 0. The first-order valence-electron chi connectivity index (χ1n) is 9.38. The van der Waals surface area contributed by atoms with Gasteiger partial charge in [-0.3, -0.25) is 0 Å². The summed E-state index contributed by atoms with van der Waals surface area (Å²) < 4.78 is 5.89. The van der Waals surface area contributed by atoms with Crippen molar-refractivity contribution in [2.75, 3.05) is 13.2 Å². The number of hydrogen-bond acceptors (Lipinski definition) is 3. The number of nitrogens with one attached hydrogen (secondary N) is 1. The zero-order chi connectivity index (χ0) is 17.8. The van der Waals surface area contributed by atoms with E-state index in [1.807, 2.05) is 24.3 Å². The molecule has 0 amide bonds. The van der Waals surface area contributed by atoms with E-state index < -0.39 is 6.10 Å². The van der Waals surface area contributed by atoms with E-state index in [2.05, 4.69) is 47.8 Å². The monoisotopic (exact) mass is 347 g/mol. The third-order valence-electron chi connectivity index (χ3n) is 5.17. The lowest BCUT2D eigenvalue weighted by atomic mass is 9.88. The number of benzene rings is 3. The molecule has 4 rings (SSSR count). The predicted octanol–water partition coefficient (Wildman–Crippen LogP) is 3.73. The maximum absolute atomic E-state index is 10.3. The van der Waals surface area contributed by atoms with E-state index in [0.29, 0.717) is 19.2 Å². The van der Waals surface area contributed by atoms with Gasteiger partial charge >= 0.3 is 0 Å². The van der Waals surface area contributed by atoms with E-state index in [1.54, 1.807) is 0 Å². The fourth-order valence-corrected chi connectivity index (χ4v) is 3.74. The van der Waals surface area contributed by atoms with Crippen molar-refractivity contribution >= 4 is 10.8 Å². The van der Waals surface area contributed by atoms with Crippen LogP contribution in [0.4, 0.5) is 0 Å². The molecule has 1 aliphatic rings. The van der Waals surface area contributed by atoms with Crippen LogP contribution in [0.15, 0.2) is 66.7 Å². The summed E-state index contributed by atoms with van der Waals surface area (Å²) in [5.74, 6) is 0.828. The van der Waals surface area contributed by atoms with Gasteiger partial charge in [0.1, 0.15) is 18.5 Å². The van der Waals surface area contributed by atoms with Crippen LogP contribution in [0.25, 0.3) is 10.8 Å². The first-order chi connectivity index (χ1) is 12.8. The Morgan fingerprint density at radius 2 is 1.73 bits per heavy atom. The number of hydrogen-bond donors (Lipinski definition) is 2. The van der Waals surface area contributed by atoms with E-state index in [-0.39, 0.29) is 0 Å². The van der Waals surface area contributed by atoms with Crippen molar-refractivity contribution < 1.29 is 9.84 Å². The van der Waals surface area contributed by atoms with Crippen LogP contribution in [-0.2, 0) is 12.8 Å². The fourth-order valence-electron chi connectivity index (χ4n) is 3.74. The van der Waals surface area contributed by atoms with Gasteiger partial charge in [-0.25, -0.2) is 0 Å². The van der Waals surface area contributed by atoms with E-state index in [9.17, 15) is 5.11 Å². The molecule has 3 nitrogen and oxygen atoms in total. The second kappa shape index (κ2) is 7.90. The molecule has 134 valence electrons. The first-order valence-corrected chi connectivity index (χ1v) is 9.38. The average molecular weight is 347 g/mol. The zero-order valence-corrected chi connectivity index (χ0v) is 14.9. The Labute approximate surface area is 154 Å². The van der Waals surface area contributed by atoms with E-state index >= 15 is 0 Å². The highest BCUT2D eigenvalue weighted by Gasteiger charge is 2.18. The normalized spacial score (nSPS) is 17.7. The Kier molecular flexibility index (Phi) is 5.19. The van der Waals surface area contributed by atoms with Crippen LogP contribution in [-0.4, -0.2) is 30.4 Å². The molecule has 26 heavy (non-hydrogen) atoms. The quantitative estimate of drug-likeness (QED) is 0.714. The standard InChI is InChI=1S/C23H25NO2/c25-21(15-24-20-13-12-17-6-1-2-8-19(17)14-20)16-26-23-11-5-9-18-7-3-4-10-22(18)23/h1-11,20-21,24-25H,12-16H2. The molecule has 0 spiro atoms. The Morgan fingerprint density at radius 1 is 0.962 bits per heavy atom. The SMILES string of the molecule is OC(CNC1CCc2ccccc2C1)COc1cccc2ccccc12. The molecule has 3 aromatic rings. The number of rotatable bonds is 6. The minimum Gasteiger partial charge on any atom is -0.490 e. The van der Waals surface area contributed by atoms with Gasteiger partial charge in [0.2, 0.25) is 0 Å². The van der Waals surface area contributed by atoms with Gasteiger partial charge in [-0.1, -0.05) is 60.7 Å². The maximum atomic E-state index is 10.3. The predicted molar refractivity (Wildman–Crippen MR) is 106 cm³/mol. The summed E-state index contributed by atoms with van der Waals surface area (Å²) in [6.07, 6.45) is 2.74. The lowest BCUT2D eigenvalue weighted by Gasteiger charge is -2.26. The molecule has 0 fully saturated rings. The first kappa shape index (κ1) is 17.1. The average Bonchev–Trinajstić information content (AvgIpc) is 2.70. The summed E-state index contributed by atoms with van der Waals surface area (Å²) in [7, 11) is 0. The summed E-state index contributed by atoms with van der Waals surface area (Å²) in [5.41, 5.74) is 2.89. The molecule has 0 bridgehead atoms. The van der Waals surface area contributed by atoms with Crippen LogP contribution in [0.5, 0.6) is 5.75 Å².